The van der Waals surface area contributed by atoms with Gasteiger partial charge in [0.25, 0.3) is 11.5 Å². The maximum Gasteiger partial charge on any atom is 0.272 e. The predicted molar refractivity (Wildman–Crippen MR) is 95.0 cm³/mol. The zero-order valence-corrected chi connectivity index (χ0v) is 15.0. The molecule has 4 rings (SSSR count). The molecule has 1 fully saturated rings. The van der Waals surface area contributed by atoms with Gasteiger partial charge in [-0.2, -0.15) is 0 Å². The maximum atomic E-state index is 13.1. The molecule has 4 heterocycles. The minimum Gasteiger partial charge on any atom is -0.329 e. The summed E-state index contributed by atoms with van der Waals surface area (Å²) in [5.74, 6) is -0.0103. The van der Waals surface area contributed by atoms with E-state index in [-0.39, 0.29) is 17.5 Å². The minimum atomic E-state index is -0.171. The van der Waals surface area contributed by atoms with Crippen molar-refractivity contribution < 1.29 is 4.79 Å². The van der Waals surface area contributed by atoms with Crippen molar-refractivity contribution in [3.05, 3.63) is 50.0 Å². The molecule has 1 amide bonds. The van der Waals surface area contributed by atoms with Crippen molar-refractivity contribution in [1.82, 2.24) is 24.5 Å². The molecule has 7 nitrogen and oxygen atoms in total. The van der Waals surface area contributed by atoms with E-state index in [0.717, 1.165) is 30.0 Å². The molecule has 0 aliphatic carbocycles. The number of thiazole rings is 1. The van der Waals surface area contributed by atoms with E-state index in [1.807, 2.05) is 18.7 Å². The summed E-state index contributed by atoms with van der Waals surface area (Å²) in [6, 6.07) is 3.12. The third kappa shape index (κ3) is 2.76. The van der Waals surface area contributed by atoms with E-state index in [4.69, 9.17) is 0 Å². The highest BCUT2D eigenvalue weighted by Crippen LogP contribution is 2.32. The Labute approximate surface area is 148 Å². The molecular weight excluding hydrogens is 338 g/mol. The van der Waals surface area contributed by atoms with Crippen LogP contribution < -0.4 is 5.56 Å². The largest absolute Gasteiger partial charge is 0.329 e. The Morgan fingerprint density at radius 2 is 2.16 bits per heavy atom. The Kier molecular flexibility index (Phi) is 3.91. The van der Waals surface area contributed by atoms with E-state index < -0.39 is 0 Å². The van der Waals surface area contributed by atoms with Crippen molar-refractivity contribution in [2.75, 3.05) is 6.54 Å². The van der Waals surface area contributed by atoms with E-state index in [1.165, 1.54) is 21.9 Å². The fourth-order valence-electron chi connectivity index (χ4n) is 3.46. The van der Waals surface area contributed by atoms with E-state index in [0.29, 0.717) is 22.8 Å². The fraction of sp³-hybridized carbons (Fsp3) is 0.412. The minimum absolute atomic E-state index is 0.0103. The number of nitrogens with one attached hydrogen (secondary N) is 1. The van der Waals surface area contributed by atoms with Crippen molar-refractivity contribution in [1.29, 1.82) is 0 Å². The number of hydrogen-bond acceptors (Lipinski definition) is 5. The van der Waals surface area contributed by atoms with E-state index in [2.05, 4.69) is 15.1 Å². The smallest absolute Gasteiger partial charge is 0.272 e. The first-order chi connectivity index (χ1) is 12.0. The van der Waals surface area contributed by atoms with Gasteiger partial charge in [-0.15, -0.1) is 11.3 Å². The molecule has 1 aliphatic heterocycles. The molecule has 3 aromatic heterocycles. The molecular formula is C17H19N5O2S. The Hall–Kier alpha value is -2.48. The lowest BCUT2D eigenvalue weighted by atomic mass is 9.98. The van der Waals surface area contributed by atoms with Gasteiger partial charge in [0, 0.05) is 24.9 Å². The molecule has 1 saturated heterocycles. The molecule has 130 valence electrons. The summed E-state index contributed by atoms with van der Waals surface area (Å²) >= 11 is 1.43. The van der Waals surface area contributed by atoms with Gasteiger partial charge in [0.2, 0.25) is 0 Å². The summed E-state index contributed by atoms with van der Waals surface area (Å²) in [6.45, 7) is 4.45. The molecule has 0 unspecified atom stereocenters. The van der Waals surface area contributed by atoms with Crippen LogP contribution in [0, 0.1) is 13.8 Å². The first-order valence-corrected chi connectivity index (χ1v) is 9.18. The lowest BCUT2D eigenvalue weighted by molar-refractivity contribution is 0.0610. The Morgan fingerprint density at radius 3 is 2.92 bits per heavy atom. The van der Waals surface area contributed by atoms with Crippen molar-refractivity contribution in [3.8, 4) is 0 Å². The summed E-state index contributed by atoms with van der Waals surface area (Å²) in [6.07, 6.45) is 4.48. The van der Waals surface area contributed by atoms with Crippen LogP contribution in [0.25, 0.3) is 5.65 Å². The number of nitrogens with zero attached hydrogens (tertiary/aromatic N) is 4. The van der Waals surface area contributed by atoms with E-state index in [9.17, 15) is 9.59 Å². The third-order valence-corrected chi connectivity index (χ3v) is 5.66. The molecule has 1 N–H and O–H groups in total. The van der Waals surface area contributed by atoms with Crippen LogP contribution in [0.1, 0.15) is 51.4 Å². The van der Waals surface area contributed by atoms with Crippen LogP contribution in [0.2, 0.25) is 0 Å². The van der Waals surface area contributed by atoms with Crippen LogP contribution in [-0.4, -0.2) is 36.9 Å². The number of aryl methyl sites for hydroxylation is 2. The fourth-order valence-corrected chi connectivity index (χ4v) is 4.34. The monoisotopic (exact) mass is 357 g/mol. The second-order valence-corrected chi connectivity index (χ2v) is 7.54. The number of aromatic nitrogens is 4. The Balaban J connectivity index is 1.74. The van der Waals surface area contributed by atoms with Crippen molar-refractivity contribution in [3.63, 3.8) is 0 Å². The third-order valence-electron chi connectivity index (χ3n) is 4.60. The average Bonchev–Trinajstić information content (AvgIpc) is 3.20. The summed E-state index contributed by atoms with van der Waals surface area (Å²) in [7, 11) is 0. The topological polar surface area (TPSA) is 83.4 Å². The van der Waals surface area contributed by atoms with Crippen LogP contribution in [0.3, 0.4) is 0 Å². The van der Waals surface area contributed by atoms with E-state index >= 15 is 0 Å². The predicted octanol–water partition coefficient (Wildman–Crippen LogP) is 2.46. The van der Waals surface area contributed by atoms with Gasteiger partial charge < -0.3 is 4.90 Å². The molecule has 25 heavy (non-hydrogen) atoms. The van der Waals surface area contributed by atoms with Gasteiger partial charge in [0.15, 0.2) is 5.65 Å². The van der Waals surface area contributed by atoms with Crippen LogP contribution in [-0.2, 0) is 0 Å². The van der Waals surface area contributed by atoms with Crippen LogP contribution in [0.4, 0.5) is 0 Å². The Bertz CT molecular complexity index is 1000. The van der Waals surface area contributed by atoms with Gasteiger partial charge in [-0.1, -0.05) is 0 Å². The summed E-state index contributed by atoms with van der Waals surface area (Å²) in [4.78, 5) is 36.9. The Morgan fingerprint density at radius 1 is 1.32 bits per heavy atom. The molecule has 0 saturated carbocycles. The van der Waals surface area contributed by atoms with Gasteiger partial charge in [-0.25, -0.2) is 14.5 Å². The number of carbonyl (C=O) groups excluding carboxylic acids is 1. The normalized spacial score (nSPS) is 18.0. The number of hydrogen-bond donors (Lipinski definition) is 1. The number of likely N-dealkylation sites (tertiary alicyclic amines) is 1. The van der Waals surface area contributed by atoms with Crippen LogP contribution >= 0.6 is 11.3 Å². The maximum absolute atomic E-state index is 13.1. The van der Waals surface area contributed by atoms with Gasteiger partial charge in [0.05, 0.1) is 22.4 Å². The lowest BCUT2D eigenvalue weighted by Gasteiger charge is -2.35. The standard InChI is InChI=1S/C17H19N5O2S/c1-10-16(25-11(2)19-10)17(24)21-8-4-3-5-13(21)12-9-15(23)22-14(20-12)6-7-18-22/h6-7,9,13,18H,3-5,8H2,1-2H3/t13-/m0/s1. The number of rotatable bonds is 2. The number of H-pyrrole nitrogens is 1. The first kappa shape index (κ1) is 16.0. The average molecular weight is 357 g/mol. The van der Waals surface area contributed by atoms with Gasteiger partial charge in [-0.3, -0.25) is 14.7 Å². The molecule has 0 bridgehead atoms. The molecule has 1 aliphatic rings. The molecule has 8 heteroatoms. The molecule has 0 spiro atoms. The summed E-state index contributed by atoms with van der Waals surface area (Å²) in [5.41, 5.74) is 1.85. The number of carbonyl (C=O) groups is 1. The van der Waals surface area contributed by atoms with E-state index in [1.54, 1.807) is 12.3 Å². The molecule has 3 aromatic rings. The van der Waals surface area contributed by atoms with Crippen molar-refractivity contribution >= 4 is 22.9 Å². The number of piperidine rings is 1. The highest BCUT2D eigenvalue weighted by atomic mass is 32.1. The van der Waals surface area contributed by atoms with Crippen molar-refractivity contribution in [2.45, 2.75) is 39.2 Å². The van der Waals surface area contributed by atoms with Crippen LogP contribution in [0.15, 0.2) is 23.1 Å². The zero-order valence-electron chi connectivity index (χ0n) is 14.2. The van der Waals surface area contributed by atoms with Gasteiger partial charge >= 0.3 is 0 Å². The van der Waals surface area contributed by atoms with Crippen molar-refractivity contribution in [2.24, 2.45) is 0 Å². The number of amides is 1. The second-order valence-electron chi connectivity index (χ2n) is 6.33. The highest BCUT2D eigenvalue weighted by molar-refractivity contribution is 7.13. The van der Waals surface area contributed by atoms with Gasteiger partial charge in [0.1, 0.15) is 4.88 Å². The summed E-state index contributed by atoms with van der Waals surface area (Å²) < 4.78 is 1.40. The second kappa shape index (κ2) is 6.11. The highest BCUT2D eigenvalue weighted by Gasteiger charge is 2.32. The number of aromatic amines is 1. The summed E-state index contributed by atoms with van der Waals surface area (Å²) in [5, 5.41) is 3.73. The van der Waals surface area contributed by atoms with Crippen LogP contribution in [0.5, 0.6) is 0 Å². The first-order valence-electron chi connectivity index (χ1n) is 8.36. The molecule has 0 aromatic carbocycles. The lowest BCUT2D eigenvalue weighted by Crippen LogP contribution is -2.39. The quantitative estimate of drug-likeness (QED) is 0.764. The van der Waals surface area contributed by atoms with Gasteiger partial charge in [-0.05, 0) is 33.1 Å². The molecule has 1 atom stereocenters. The number of fused-ring (bicyclic) bond motifs is 1. The zero-order chi connectivity index (χ0) is 17.6. The molecule has 0 radical (unpaired) electrons. The SMILES string of the molecule is Cc1nc(C)c(C(=O)N2CCCC[C@H]2c2cc(=O)n3[nH]ccc3n2)s1.